The van der Waals surface area contributed by atoms with Gasteiger partial charge in [0.2, 0.25) is 22.7 Å². The molecule has 0 saturated carbocycles. The maximum absolute atomic E-state index is 13.2. The smallest absolute Gasteiger partial charge is 0.354 e. The highest BCUT2D eigenvalue weighted by Crippen LogP contribution is 2.35. The lowest BCUT2D eigenvalue weighted by molar-refractivity contribution is -0.119. The molecular weight excluding hydrogens is 414 g/mol. The predicted octanol–water partition coefficient (Wildman–Crippen LogP) is 1.33. The van der Waals surface area contributed by atoms with Crippen molar-refractivity contribution >= 4 is 27.6 Å². The molecule has 160 valence electrons. The van der Waals surface area contributed by atoms with E-state index in [9.17, 15) is 18.0 Å². The maximum atomic E-state index is 13.2. The highest BCUT2D eigenvalue weighted by Gasteiger charge is 2.40. The van der Waals surface area contributed by atoms with Crippen molar-refractivity contribution in [2.75, 3.05) is 25.8 Å². The third kappa shape index (κ3) is 3.50. The number of hydrogen-bond acceptors (Lipinski definition) is 7. The number of ether oxygens (including phenoxy) is 3. The molecule has 0 spiro atoms. The number of sulfonamides is 1. The largest absolute Gasteiger partial charge is 0.464 e. The average Bonchev–Trinajstić information content (AvgIpc) is 3.46. The zero-order chi connectivity index (χ0) is 21.5. The Morgan fingerprint density at radius 2 is 1.97 bits per heavy atom. The molecule has 30 heavy (non-hydrogen) atoms. The first-order valence-corrected chi connectivity index (χ1v) is 10.7. The zero-order valence-corrected chi connectivity index (χ0v) is 17.3. The summed E-state index contributed by atoms with van der Waals surface area (Å²) in [6, 6.07) is 5.38. The Morgan fingerprint density at radius 3 is 2.73 bits per heavy atom. The molecule has 11 heteroatoms. The lowest BCUT2D eigenvalue weighted by Crippen LogP contribution is -2.43. The Morgan fingerprint density at radius 1 is 1.20 bits per heavy atom. The van der Waals surface area contributed by atoms with Gasteiger partial charge in [-0.1, -0.05) is 0 Å². The van der Waals surface area contributed by atoms with Crippen molar-refractivity contribution in [3.05, 3.63) is 36.2 Å². The normalized spacial score (nSPS) is 18.4. The van der Waals surface area contributed by atoms with Gasteiger partial charge in [0.25, 0.3) is 0 Å². The molecule has 0 aliphatic carbocycles. The van der Waals surface area contributed by atoms with Gasteiger partial charge in [-0.3, -0.25) is 4.79 Å². The topological polar surface area (TPSA) is 116 Å². The Balaban J connectivity index is 1.55. The number of anilines is 1. The number of methoxy groups -OCH3 is 1. The van der Waals surface area contributed by atoms with Crippen LogP contribution in [0.25, 0.3) is 0 Å². The van der Waals surface area contributed by atoms with Crippen LogP contribution in [0.1, 0.15) is 23.3 Å². The fraction of sp³-hybridized carbons (Fsp3) is 0.368. The van der Waals surface area contributed by atoms with Gasteiger partial charge in [-0.15, -0.1) is 0 Å². The summed E-state index contributed by atoms with van der Waals surface area (Å²) in [5.41, 5.74) is 0.595. The number of fused-ring (bicyclic) bond motifs is 1. The Hall–Kier alpha value is -3.05. The monoisotopic (exact) mass is 435 g/mol. The van der Waals surface area contributed by atoms with E-state index < -0.39 is 27.9 Å². The number of carbonyl (C=O) groups excluding carboxylic acids is 2. The molecule has 4 rings (SSSR count). The molecule has 1 amide bonds. The maximum Gasteiger partial charge on any atom is 0.354 e. The van der Waals surface area contributed by atoms with E-state index in [4.69, 9.17) is 9.47 Å². The third-order valence-electron chi connectivity index (χ3n) is 5.13. The molecule has 1 N–H and O–H groups in total. The quantitative estimate of drug-likeness (QED) is 0.705. The molecule has 0 bridgehead atoms. The molecule has 1 fully saturated rings. The highest BCUT2D eigenvalue weighted by atomic mass is 32.2. The molecule has 2 aromatic rings. The summed E-state index contributed by atoms with van der Waals surface area (Å²) in [7, 11) is -1.20. The first-order valence-electron chi connectivity index (χ1n) is 9.28. The number of carbonyl (C=O) groups is 2. The van der Waals surface area contributed by atoms with Gasteiger partial charge in [0, 0.05) is 31.5 Å². The minimum atomic E-state index is -3.98. The van der Waals surface area contributed by atoms with Crippen LogP contribution in [0, 0.1) is 0 Å². The fourth-order valence-electron chi connectivity index (χ4n) is 3.61. The number of amides is 1. The van der Waals surface area contributed by atoms with Crippen molar-refractivity contribution in [2.24, 2.45) is 7.05 Å². The lowest BCUT2D eigenvalue weighted by atomic mass is 10.2. The summed E-state index contributed by atoms with van der Waals surface area (Å²) in [4.78, 5) is 24.6. The molecule has 3 heterocycles. The minimum absolute atomic E-state index is 0.0619. The fourth-order valence-corrected chi connectivity index (χ4v) is 5.34. The number of aryl methyl sites for hydroxylation is 1. The number of esters is 1. The Kier molecular flexibility index (Phi) is 5.16. The van der Waals surface area contributed by atoms with Crippen LogP contribution in [0.5, 0.6) is 11.5 Å². The third-order valence-corrected chi connectivity index (χ3v) is 7.00. The van der Waals surface area contributed by atoms with Crippen molar-refractivity contribution < 1.29 is 32.2 Å². The summed E-state index contributed by atoms with van der Waals surface area (Å²) in [5, 5.41) is 2.75. The zero-order valence-electron chi connectivity index (χ0n) is 16.5. The molecule has 1 atom stereocenters. The second-order valence-electron chi connectivity index (χ2n) is 6.99. The van der Waals surface area contributed by atoms with Crippen LogP contribution in [0.15, 0.2) is 35.4 Å². The molecule has 2 aliphatic rings. The van der Waals surface area contributed by atoms with Gasteiger partial charge in [-0.05, 0) is 31.0 Å². The van der Waals surface area contributed by atoms with Crippen LogP contribution in [-0.4, -0.2) is 55.7 Å². The minimum Gasteiger partial charge on any atom is -0.464 e. The molecule has 0 unspecified atom stereocenters. The summed E-state index contributed by atoms with van der Waals surface area (Å²) in [5.74, 6) is 0.0309. The predicted molar refractivity (Wildman–Crippen MR) is 105 cm³/mol. The summed E-state index contributed by atoms with van der Waals surface area (Å²) >= 11 is 0. The summed E-state index contributed by atoms with van der Waals surface area (Å²) in [6.07, 6.45) is 2.29. The number of benzene rings is 1. The first-order chi connectivity index (χ1) is 14.3. The van der Waals surface area contributed by atoms with Crippen LogP contribution in [0.4, 0.5) is 5.69 Å². The average molecular weight is 435 g/mol. The number of aromatic nitrogens is 1. The van der Waals surface area contributed by atoms with Crippen molar-refractivity contribution in [1.82, 2.24) is 8.87 Å². The van der Waals surface area contributed by atoms with E-state index in [-0.39, 0.29) is 23.9 Å². The van der Waals surface area contributed by atoms with E-state index >= 15 is 0 Å². The molecule has 1 aromatic heterocycles. The Labute approximate surface area is 173 Å². The lowest BCUT2D eigenvalue weighted by Gasteiger charge is -2.23. The second kappa shape index (κ2) is 7.65. The number of nitrogens with one attached hydrogen (secondary N) is 1. The van der Waals surface area contributed by atoms with Crippen LogP contribution in [0.2, 0.25) is 0 Å². The molecule has 1 saturated heterocycles. The van der Waals surface area contributed by atoms with Gasteiger partial charge >= 0.3 is 5.97 Å². The van der Waals surface area contributed by atoms with Crippen molar-refractivity contribution in [3.63, 3.8) is 0 Å². The standard InChI is InChI=1S/C19H21N3O7S/c1-21-10-13(9-15(21)19(24)27-2)30(25,26)22-7-3-4-14(22)18(23)20-12-5-6-16-17(8-12)29-11-28-16/h5-6,8-10,14H,3-4,7,11H2,1-2H3,(H,20,23)/t14-/m1/s1. The van der Waals surface area contributed by atoms with Crippen molar-refractivity contribution in [2.45, 2.75) is 23.8 Å². The molecular formula is C19H21N3O7S. The van der Waals surface area contributed by atoms with Gasteiger partial charge in [0.05, 0.1) is 7.11 Å². The highest BCUT2D eigenvalue weighted by molar-refractivity contribution is 7.89. The molecule has 0 radical (unpaired) electrons. The molecule has 10 nitrogen and oxygen atoms in total. The second-order valence-corrected chi connectivity index (χ2v) is 8.89. The molecule has 2 aliphatic heterocycles. The van der Waals surface area contributed by atoms with E-state index in [2.05, 4.69) is 10.1 Å². The van der Waals surface area contributed by atoms with Crippen molar-refractivity contribution in [3.8, 4) is 11.5 Å². The van der Waals surface area contributed by atoms with Crippen molar-refractivity contribution in [1.29, 1.82) is 0 Å². The van der Waals surface area contributed by atoms with Crippen LogP contribution < -0.4 is 14.8 Å². The SMILES string of the molecule is COC(=O)c1cc(S(=O)(=O)N2CCC[C@@H]2C(=O)Nc2ccc3c(c2)OCO3)cn1C. The van der Waals surface area contributed by atoms with Gasteiger partial charge in [0.1, 0.15) is 16.6 Å². The van der Waals surface area contributed by atoms with Gasteiger partial charge in [0.15, 0.2) is 11.5 Å². The van der Waals surface area contributed by atoms with E-state index in [1.165, 1.54) is 28.2 Å². The summed E-state index contributed by atoms with van der Waals surface area (Å²) < 4.78 is 44.1. The van der Waals surface area contributed by atoms with Crippen LogP contribution >= 0.6 is 0 Å². The molecule has 1 aromatic carbocycles. The first kappa shape index (κ1) is 20.2. The number of nitrogens with zero attached hydrogens (tertiary/aromatic N) is 2. The number of hydrogen-bond donors (Lipinski definition) is 1. The van der Waals surface area contributed by atoms with Crippen LogP contribution in [-0.2, 0) is 26.6 Å². The van der Waals surface area contributed by atoms with E-state index in [0.29, 0.717) is 30.0 Å². The Bertz CT molecular complexity index is 1110. The van der Waals surface area contributed by atoms with Gasteiger partial charge < -0.3 is 24.1 Å². The van der Waals surface area contributed by atoms with E-state index in [1.807, 2.05) is 0 Å². The van der Waals surface area contributed by atoms with Gasteiger partial charge in [-0.2, -0.15) is 4.31 Å². The van der Waals surface area contributed by atoms with E-state index in [0.717, 1.165) is 0 Å². The van der Waals surface area contributed by atoms with Crippen LogP contribution in [0.3, 0.4) is 0 Å². The summed E-state index contributed by atoms with van der Waals surface area (Å²) in [6.45, 7) is 0.329. The number of rotatable bonds is 5. The van der Waals surface area contributed by atoms with Gasteiger partial charge in [-0.25, -0.2) is 13.2 Å². The van der Waals surface area contributed by atoms with E-state index in [1.54, 1.807) is 25.2 Å².